The van der Waals surface area contributed by atoms with E-state index in [1.807, 2.05) is 30.4 Å². The van der Waals surface area contributed by atoms with Crippen LogP contribution in [0.4, 0.5) is 0 Å². The monoisotopic (exact) mass is 833 g/mol. The van der Waals surface area contributed by atoms with Crippen molar-refractivity contribution in [2.24, 2.45) is 0 Å². The third kappa shape index (κ3) is 45.4. The van der Waals surface area contributed by atoms with Gasteiger partial charge in [0.1, 0.15) is 13.2 Å². The predicted octanol–water partition coefficient (Wildman–Crippen LogP) is 15.8. The van der Waals surface area contributed by atoms with E-state index >= 15 is 0 Å². The summed E-state index contributed by atoms with van der Waals surface area (Å²) >= 11 is 0. The lowest BCUT2D eigenvalue weighted by Gasteiger charge is -2.18. The third-order valence-corrected chi connectivity index (χ3v) is 9.93. The van der Waals surface area contributed by atoms with Crippen LogP contribution in [0.25, 0.3) is 0 Å². The second-order valence-electron chi connectivity index (χ2n) is 15.7. The lowest BCUT2D eigenvalue weighted by atomic mass is 10.1. The molecule has 6 nitrogen and oxygen atoms in total. The average molecular weight is 833 g/mol. The second-order valence-corrected chi connectivity index (χ2v) is 15.7. The Bertz CT molecular complexity index is 1230. The molecule has 0 spiro atoms. The summed E-state index contributed by atoms with van der Waals surface area (Å²) in [5, 5.41) is 0. The smallest absolute Gasteiger partial charge is 0.309 e. The summed E-state index contributed by atoms with van der Waals surface area (Å²) in [5.41, 5.74) is 0. The number of allylic oxidation sites excluding steroid dienone is 15. The van der Waals surface area contributed by atoms with Crippen molar-refractivity contribution in [3.05, 3.63) is 97.2 Å². The van der Waals surface area contributed by atoms with E-state index in [1.165, 1.54) is 70.6 Å². The molecule has 6 heteroatoms. The summed E-state index contributed by atoms with van der Waals surface area (Å²) in [6.07, 6.45) is 62.9. The highest BCUT2D eigenvalue weighted by atomic mass is 16.6. The van der Waals surface area contributed by atoms with Gasteiger partial charge in [-0.25, -0.2) is 0 Å². The van der Waals surface area contributed by atoms with E-state index in [2.05, 4.69) is 81.5 Å². The van der Waals surface area contributed by atoms with Crippen molar-refractivity contribution in [1.82, 2.24) is 0 Å². The van der Waals surface area contributed by atoms with Gasteiger partial charge in [-0.2, -0.15) is 0 Å². The summed E-state index contributed by atoms with van der Waals surface area (Å²) < 4.78 is 16.6. The van der Waals surface area contributed by atoms with Crippen LogP contribution in [0.3, 0.4) is 0 Å². The maximum atomic E-state index is 12.7. The number of hydrogen-bond acceptors (Lipinski definition) is 6. The fraction of sp³-hybridized carbons (Fsp3) is 0.648. The van der Waals surface area contributed by atoms with Crippen LogP contribution in [-0.2, 0) is 28.6 Å². The largest absolute Gasteiger partial charge is 0.462 e. The van der Waals surface area contributed by atoms with E-state index in [0.29, 0.717) is 6.42 Å². The van der Waals surface area contributed by atoms with Gasteiger partial charge in [0, 0.05) is 12.8 Å². The number of carbonyl (C=O) groups excluding carboxylic acids is 3. The highest BCUT2D eigenvalue weighted by Gasteiger charge is 2.19. The quantitative estimate of drug-likeness (QED) is 0.0200. The highest BCUT2D eigenvalue weighted by Crippen LogP contribution is 2.13. The van der Waals surface area contributed by atoms with Gasteiger partial charge < -0.3 is 14.2 Å². The molecule has 1 atom stereocenters. The Balaban J connectivity index is 4.43. The summed E-state index contributed by atoms with van der Waals surface area (Å²) in [6, 6.07) is 0. The number of carbonyl (C=O) groups is 3. The summed E-state index contributed by atoms with van der Waals surface area (Å²) in [7, 11) is 0. The molecule has 0 aromatic heterocycles. The highest BCUT2D eigenvalue weighted by molar-refractivity contribution is 5.72. The molecule has 0 aliphatic rings. The molecular weight excluding hydrogens is 745 g/mol. The molecule has 0 aliphatic carbocycles. The minimum absolute atomic E-state index is 0.120. The van der Waals surface area contributed by atoms with E-state index < -0.39 is 12.1 Å². The molecule has 340 valence electrons. The molecule has 0 aromatic carbocycles. The fourth-order valence-electron chi connectivity index (χ4n) is 6.33. The molecule has 60 heavy (non-hydrogen) atoms. The molecular formula is C54H88O6. The standard InChI is InChI=1S/C54H88O6/c1-4-7-10-13-16-19-21-23-25-26-27-29-30-32-35-38-41-44-47-53(56)59-50-51(49-58-52(55)46-43-40-37-34-18-15-12-9-6-3)60-54(57)48-45-42-39-36-33-31-28-24-22-20-17-14-11-8-5-2/h8-9,11-12,14,17-18,20,22,24,27-29,34,40,43,51H,4-7,10,13,15-16,19,21,23,25-26,30-33,35-39,41-42,44-50H2,1-3H3/b11-8-,12-9-,17-14-,22-20-,28-24-,29-27-,34-18-,43-40-. The van der Waals surface area contributed by atoms with Crippen LogP contribution in [0.2, 0.25) is 0 Å². The first-order valence-electron chi connectivity index (χ1n) is 24.3. The van der Waals surface area contributed by atoms with Crippen LogP contribution in [0, 0.1) is 0 Å². The molecule has 1 unspecified atom stereocenters. The van der Waals surface area contributed by atoms with Gasteiger partial charge in [0.05, 0.1) is 6.42 Å². The number of rotatable bonds is 42. The molecule has 0 amide bonds. The molecule has 0 aromatic rings. The van der Waals surface area contributed by atoms with E-state index in [-0.39, 0.29) is 38.0 Å². The van der Waals surface area contributed by atoms with Crippen LogP contribution in [0.15, 0.2) is 97.2 Å². The predicted molar refractivity (Wildman–Crippen MR) is 256 cm³/mol. The Hall–Kier alpha value is -3.67. The molecule has 0 heterocycles. The summed E-state index contributed by atoms with van der Waals surface area (Å²) in [6.45, 7) is 6.24. The fourth-order valence-corrected chi connectivity index (χ4v) is 6.33. The lowest BCUT2D eigenvalue weighted by Crippen LogP contribution is -2.30. The van der Waals surface area contributed by atoms with Crippen molar-refractivity contribution in [3.63, 3.8) is 0 Å². The first-order chi connectivity index (χ1) is 29.5. The van der Waals surface area contributed by atoms with Crippen molar-refractivity contribution in [2.75, 3.05) is 13.2 Å². The number of unbranched alkanes of at least 4 members (excludes halogenated alkanes) is 19. The van der Waals surface area contributed by atoms with Gasteiger partial charge in [-0.1, -0.05) is 208 Å². The summed E-state index contributed by atoms with van der Waals surface area (Å²) in [4.78, 5) is 37.7. The zero-order chi connectivity index (χ0) is 43.7. The Morgan fingerprint density at radius 1 is 0.383 bits per heavy atom. The van der Waals surface area contributed by atoms with Crippen LogP contribution < -0.4 is 0 Å². The normalized spacial score (nSPS) is 12.9. The van der Waals surface area contributed by atoms with Gasteiger partial charge in [0.15, 0.2) is 6.10 Å². The molecule has 0 bridgehead atoms. The number of ether oxygens (including phenoxy) is 3. The Morgan fingerprint density at radius 2 is 0.800 bits per heavy atom. The van der Waals surface area contributed by atoms with Gasteiger partial charge >= 0.3 is 17.9 Å². The Morgan fingerprint density at radius 3 is 1.35 bits per heavy atom. The number of hydrogen-bond donors (Lipinski definition) is 0. The molecule has 0 aliphatic heterocycles. The SMILES string of the molecule is CC\C=C/C=C\C=C/C=C\CCCCCCCC(=O)OC(COC(=O)C/C=C\C/C=C\C/C=C\CC)COC(=O)CCCCCCC/C=C\CCCCCCCCCCC. The number of esters is 3. The minimum atomic E-state index is -0.828. The Labute approximate surface area is 368 Å². The summed E-state index contributed by atoms with van der Waals surface area (Å²) in [5.74, 6) is -1.09. The van der Waals surface area contributed by atoms with Gasteiger partial charge in [0.25, 0.3) is 0 Å². The molecule has 0 N–H and O–H groups in total. The molecule has 0 fully saturated rings. The lowest BCUT2D eigenvalue weighted by molar-refractivity contribution is -0.166. The second kappa shape index (κ2) is 48.0. The van der Waals surface area contributed by atoms with E-state index in [0.717, 1.165) is 96.3 Å². The zero-order valence-electron chi connectivity index (χ0n) is 38.7. The first kappa shape index (κ1) is 56.3. The van der Waals surface area contributed by atoms with Gasteiger partial charge in [0.2, 0.25) is 0 Å². The van der Waals surface area contributed by atoms with Crippen molar-refractivity contribution < 1.29 is 28.6 Å². The molecule has 0 radical (unpaired) electrons. The minimum Gasteiger partial charge on any atom is -0.462 e. The van der Waals surface area contributed by atoms with Gasteiger partial charge in [-0.3, -0.25) is 14.4 Å². The van der Waals surface area contributed by atoms with Crippen LogP contribution in [0.1, 0.15) is 207 Å². The van der Waals surface area contributed by atoms with Crippen molar-refractivity contribution >= 4 is 17.9 Å². The van der Waals surface area contributed by atoms with Crippen LogP contribution in [0.5, 0.6) is 0 Å². The molecule has 0 rings (SSSR count). The van der Waals surface area contributed by atoms with E-state index in [9.17, 15) is 14.4 Å². The van der Waals surface area contributed by atoms with Crippen molar-refractivity contribution in [1.29, 1.82) is 0 Å². The third-order valence-electron chi connectivity index (χ3n) is 9.93. The maximum Gasteiger partial charge on any atom is 0.309 e. The Kier molecular flexibility index (Phi) is 45.1. The molecule has 0 saturated heterocycles. The zero-order valence-corrected chi connectivity index (χ0v) is 38.7. The maximum absolute atomic E-state index is 12.7. The average Bonchev–Trinajstić information content (AvgIpc) is 3.24. The topological polar surface area (TPSA) is 78.9 Å². The first-order valence-corrected chi connectivity index (χ1v) is 24.3. The van der Waals surface area contributed by atoms with E-state index in [1.54, 1.807) is 6.08 Å². The van der Waals surface area contributed by atoms with Crippen LogP contribution in [-0.4, -0.2) is 37.2 Å². The van der Waals surface area contributed by atoms with Gasteiger partial charge in [-0.05, 0) is 77.0 Å². The van der Waals surface area contributed by atoms with Crippen LogP contribution >= 0.6 is 0 Å². The molecule has 0 saturated carbocycles. The van der Waals surface area contributed by atoms with Crippen molar-refractivity contribution in [2.45, 2.75) is 213 Å². The van der Waals surface area contributed by atoms with E-state index in [4.69, 9.17) is 14.2 Å². The van der Waals surface area contributed by atoms with Gasteiger partial charge in [-0.15, -0.1) is 0 Å². The van der Waals surface area contributed by atoms with Crippen molar-refractivity contribution in [3.8, 4) is 0 Å².